The van der Waals surface area contributed by atoms with Crippen molar-refractivity contribution in [3.63, 3.8) is 0 Å². The Labute approximate surface area is 114 Å². The van der Waals surface area contributed by atoms with Gasteiger partial charge in [-0.2, -0.15) is 11.8 Å². The zero-order valence-corrected chi connectivity index (χ0v) is 13.1. The maximum absolute atomic E-state index is 12.0. The molecular formula is C11H23NO4S2. The summed E-state index contributed by atoms with van der Waals surface area (Å²) in [5.74, 6) is 0.399. The third-order valence-corrected chi connectivity index (χ3v) is 5.49. The highest BCUT2D eigenvalue weighted by atomic mass is 32.2. The number of carbonyl (C=O) groups excluding carboxylic acids is 1. The summed E-state index contributed by atoms with van der Waals surface area (Å²) in [5, 5.41) is 0. The predicted molar refractivity (Wildman–Crippen MR) is 75.3 cm³/mol. The lowest BCUT2D eigenvalue weighted by Crippen LogP contribution is -2.39. The van der Waals surface area contributed by atoms with Crippen LogP contribution in [0.3, 0.4) is 0 Å². The maximum atomic E-state index is 12.0. The van der Waals surface area contributed by atoms with Gasteiger partial charge in [0.1, 0.15) is 0 Å². The molecule has 0 aliphatic heterocycles. The molecule has 18 heavy (non-hydrogen) atoms. The Kier molecular flexibility index (Phi) is 8.64. The first-order valence-electron chi connectivity index (χ1n) is 5.90. The van der Waals surface area contributed by atoms with Crippen molar-refractivity contribution in [3.8, 4) is 0 Å². The number of esters is 1. The van der Waals surface area contributed by atoms with Crippen molar-refractivity contribution >= 4 is 27.8 Å². The number of nitrogens with zero attached hydrogens (tertiary/aromatic N) is 1. The third-order valence-electron chi connectivity index (χ3n) is 2.79. The summed E-state index contributed by atoms with van der Waals surface area (Å²) < 4.78 is 30.0. The lowest BCUT2D eigenvalue weighted by Gasteiger charge is -2.25. The van der Waals surface area contributed by atoms with E-state index in [0.29, 0.717) is 6.42 Å². The van der Waals surface area contributed by atoms with Crippen molar-refractivity contribution < 1.29 is 17.9 Å². The molecule has 0 radical (unpaired) electrons. The van der Waals surface area contributed by atoms with Gasteiger partial charge in [-0.3, -0.25) is 4.79 Å². The van der Waals surface area contributed by atoms with E-state index in [-0.39, 0.29) is 24.2 Å². The van der Waals surface area contributed by atoms with Crippen LogP contribution in [0.4, 0.5) is 0 Å². The summed E-state index contributed by atoms with van der Waals surface area (Å²) in [6.45, 7) is 1.97. The van der Waals surface area contributed by atoms with Gasteiger partial charge >= 0.3 is 5.97 Å². The average Bonchev–Trinajstić information content (AvgIpc) is 2.34. The molecule has 7 heteroatoms. The number of hydrogen-bond donors (Lipinski definition) is 0. The Morgan fingerprint density at radius 2 is 2.06 bits per heavy atom. The van der Waals surface area contributed by atoms with Crippen LogP contribution in [0, 0.1) is 0 Å². The van der Waals surface area contributed by atoms with E-state index in [4.69, 9.17) is 0 Å². The van der Waals surface area contributed by atoms with Crippen LogP contribution in [-0.4, -0.2) is 56.7 Å². The van der Waals surface area contributed by atoms with Crippen LogP contribution in [0.5, 0.6) is 0 Å². The molecule has 0 aliphatic rings. The summed E-state index contributed by atoms with van der Waals surface area (Å²) in [6, 6.07) is 0.0168. The Morgan fingerprint density at radius 3 is 2.50 bits per heavy atom. The molecule has 1 unspecified atom stereocenters. The first-order valence-corrected chi connectivity index (χ1v) is 8.90. The van der Waals surface area contributed by atoms with Gasteiger partial charge in [0, 0.05) is 25.3 Å². The van der Waals surface area contributed by atoms with Crippen molar-refractivity contribution in [2.45, 2.75) is 32.2 Å². The third kappa shape index (κ3) is 6.06. The highest BCUT2D eigenvalue weighted by Crippen LogP contribution is 2.14. The molecular weight excluding hydrogens is 274 g/mol. The highest BCUT2D eigenvalue weighted by Gasteiger charge is 2.24. The van der Waals surface area contributed by atoms with E-state index in [0.717, 1.165) is 12.2 Å². The minimum Gasteiger partial charge on any atom is -0.469 e. The van der Waals surface area contributed by atoms with Crippen LogP contribution < -0.4 is 0 Å². The molecule has 0 rings (SSSR count). The fourth-order valence-electron chi connectivity index (χ4n) is 1.54. The Morgan fingerprint density at radius 1 is 1.44 bits per heavy atom. The summed E-state index contributed by atoms with van der Waals surface area (Å²) >= 11 is 1.63. The van der Waals surface area contributed by atoms with Gasteiger partial charge in [-0.05, 0) is 19.1 Å². The van der Waals surface area contributed by atoms with Crippen molar-refractivity contribution in [2.75, 3.05) is 31.9 Å². The van der Waals surface area contributed by atoms with E-state index >= 15 is 0 Å². The van der Waals surface area contributed by atoms with E-state index in [9.17, 15) is 13.2 Å². The van der Waals surface area contributed by atoms with Gasteiger partial charge in [0.15, 0.2) is 0 Å². The van der Waals surface area contributed by atoms with E-state index in [2.05, 4.69) is 4.74 Å². The lowest BCUT2D eigenvalue weighted by molar-refractivity contribution is -0.140. The number of ether oxygens (including phenoxy) is 1. The van der Waals surface area contributed by atoms with Gasteiger partial charge in [0.25, 0.3) is 0 Å². The Balaban J connectivity index is 4.38. The number of thioether (sulfide) groups is 1. The smallest absolute Gasteiger partial charge is 0.305 e. The van der Waals surface area contributed by atoms with E-state index in [1.54, 1.807) is 18.8 Å². The molecule has 0 saturated carbocycles. The summed E-state index contributed by atoms with van der Waals surface area (Å²) in [5.41, 5.74) is 0. The molecule has 0 bridgehead atoms. The minimum absolute atomic E-state index is 0.0104. The van der Waals surface area contributed by atoms with Crippen molar-refractivity contribution in [1.29, 1.82) is 0 Å². The topological polar surface area (TPSA) is 63.7 Å². The fraction of sp³-hybridized carbons (Fsp3) is 0.909. The van der Waals surface area contributed by atoms with Gasteiger partial charge < -0.3 is 4.74 Å². The van der Waals surface area contributed by atoms with Crippen LogP contribution in [-0.2, 0) is 19.6 Å². The summed E-state index contributed by atoms with van der Waals surface area (Å²) in [7, 11) is -0.376. The normalized spacial score (nSPS) is 13.6. The quantitative estimate of drug-likeness (QED) is 0.601. The second-order valence-electron chi connectivity index (χ2n) is 4.03. The molecule has 0 heterocycles. The van der Waals surface area contributed by atoms with Gasteiger partial charge in [-0.25, -0.2) is 12.7 Å². The molecule has 0 saturated heterocycles. The number of hydrogen-bond acceptors (Lipinski definition) is 5. The van der Waals surface area contributed by atoms with Crippen LogP contribution in [0.2, 0.25) is 0 Å². The van der Waals surface area contributed by atoms with Crippen LogP contribution in [0.25, 0.3) is 0 Å². The molecule has 0 aliphatic carbocycles. The van der Waals surface area contributed by atoms with E-state index < -0.39 is 10.0 Å². The average molecular weight is 297 g/mol. The highest BCUT2D eigenvalue weighted by molar-refractivity contribution is 7.98. The van der Waals surface area contributed by atoms with E-state index in [1.165, 1.54) is 11.4 Å². The van der Waals surface area contributed by atoms with Crippen molar-refractivity contribution in [3.05, 3.63) is 0 Å². The molecule has 0 aromatic carbocycles. The second kappa shape index (κ2) is 8.77. The Bertz CT molecular complexity index is 343. The second-order valence-corrected chi connectivity index (χ2v) is 7.09. The first-order chi connectivity index (χ1) is 8.38. The number of methoxy groups -OCH3 is 1. The van der Waals surface area contributed by atoms with Gasteiger partial charge in [-0.1, -0.05) is 6.92 Å². The number of rotatable bonds is 9. The zero-order chi connectivity index (χ0) is 14.2. The maximum Gasteiger partial charge on any atom is 0.305 e. The molecule has 0 amide bonds. The largest absolute Gasteiger partial charge is 0.469 e. The molecule has 0 spiro atoms. The minimum atomic E-state index is -3.29. The van der Waals surface area contributed by atoms with Gasteiger partial charge in [-0.15, -0.1) is 0 Å². The molecule has 5 nitrogen and oxygen atoms in total. The molecule has 0 fully saturated rings. The zero-order valence-electron chi connectivity index (χ0n) is 11.5. The Hall–Kier alpha value is -0.270. The monoisotopic (exact) mass is 297 g/mol. The molecule has 0 aromatic rings. The molecule has 0 N–H and O–H groups in total. The van der Waals surface area contributed by atoms with Crippen molar-refractivity contribution in [1.82, 2.24) is 4.31 Å². The van der Waals surface area contributed by atoms with Crippen LogP contribution >= 0.6 is 11.8 Å². The van der Waals surface area contributed by atoms with Crippen LogP contribution in [0.15, 0.2) is 0 Å². The summed E-state index contributed by atoms with van der Waals surface area (Å²) in [6.07, 6.45) is 3.19. The van der Waals surface area contributed by atoms with E-state index in [1.807, 2.05) is 13.2 Å². The first kappa shape index (κ1) is 17.7. The number of sulfonamides is 1. The molecule has 108 valence electrons. The van der Waals surface area contributed by atoms with Gasteiger partial charge in [0.05, 0.1) is 12.9 Å². The van der Waals surface area contributed by atoms with Crippen molar-refractivity contribution in [2.24, 2.45) is 0 Å². The number of carbonyl (C=O) groups is 1. The SMILES string of the molecule is CCC(CSC)N(C)S(=O)(=O)CCCC(=O)OC. The van der Waals surface area contributed by atoms with Crippen LogP contribution in [0.1, 0.15) is 26.2 Å². The summed E-state index contributed by atoms with van der Waals surface area (Å²) in [4.78, 5) is 10.9. The standard InChI is InChI=1S/C11H23NO4S2/c1-5-10(9-17-4)12(2)18(14,15)8-6-7-11(13)16-3/h10H,5-9H2,1-4H3. The van der Waals surface area contributed by atoms with Gasteiger partial charge in [0.2, 0.25) is 10.0 Å². The fourth-order valence-corrected chi connectivity index (χ4v) is 3.96. The molecule has 0 aromatic heterocycles. The molecule has 1 atom stereocenters. The lowest BCUT2D eigenvalue weighted by atomic mass is 10.3. The predicted octanol–water partition coefficient (Wildman–Crippen LogP) is 1.34.